The molecule has 0 aromatic rings. The molecule has 0 saturated carbocycles. The van der Waals surface area contributed by atoms with Gasteiger partial charge in [0.1, 0.15) is 13.2 Å². The minimum Gasteiger partial charge on any atom is -0.462 e. The smallest absolute Gasteiger partial charge is 0.306 e. The predicted molar refractivity (Wildman–Crippen MR) is 297 cm³/mol. The van der Waals surface area contributed by atoms with Crippen LogP contribution in [0, 0.1) is 0 Å². The van der Waals surface area contributed by atoms with Gasteiger partial charge in [0.05, 0.1) is 0 Å². The lowest BCUT2D eigenvalue weighted by Crippen LogP contribution is -2.30. The zero-order valence-electron chi connectivity index (χ0n) is 45.0. The average Bonchev–Trinajstić information content (AvgIpc) is 3.35. The van der Waals surface area contributed by atoms with E-state index < -0.39 is 6.10 Å². The second-order valence-electron chi connectivity index (χ2n) is 18.8. The fourth-order valence-electron chi connectivity index (χ4n) is 7.78. The minimum atomic E-state index is -0.817. The zero-order chi connectivity index (χ0) is 50.0. The van der Waals surface area contributed by atoms with Crippen LogP contribution in [0.15, 0.2) is 97.2 Å². The van der Waals surface area contributed by atoms with E-state index in [-0.39, 0.29) is 37.5 Å². The van der Waals surface area contributed by atoms with E-state index in [0.29, 0.717) is 19.3 Å². The van der Waals surface area contributed by atoms with Crippen molar-refractivity contribution in [3.05, 3.63) is 97.2 Å². The Morgan fingerprint density at radius 2 is 0.580 bits per heavy atom. The first-order valence-corrected chi connectivity index (χ1v) is 28.7. The number of ether oxygens (including phenoxy) is 3. The number of rotatable bonds is 51. The summed E-state index contributed by atoms with van der Waals surface area (Å²) in [7, 11) is 0. The van der Waals surface area contributed by atoms with Gasteiger partial charge >= 0.3 is 17.9 Å². The molecule has 0 fully saturated rings. The van der Waals surface area contributed by atoms with Gasteiger partial charge in [-0.05, 0) is 96.3 Å². The van der Waals surface area contributed by atoms with E-state index in [0.717, 1.165) is 96.3 Å². The number of allylic oxidation sites excluding steroid dienone is 16. The lowest BCUT2D eigenvalue weighted by Gasteiger charge is -2.18. The van der Waals surface area contributed by atoms with Gasteiger partial charge in [0.2, 0.25) is 0 Å². The summed E-state index contributed by atoms with van der Waals surface area (Å²) >= 11 is 0. The van der Waals surface area contributed by atoms with Crippen LogP contribution in [0.2, 0.25) is 0 Å². The van der Waals surface area contributed by atoms with E-state index in [1.807, 2.05) is 0 Å². The fraction of sp³-hybridized carbons (Fsp3) is 0.698. The third-order valence-corrected chi connectivity index (χ3v) is 12.1. The van der Waals surface area contributed by atoms with E-state index in [4.69, 9.17) is 14.2 Å². The Bertz CT molecular complexity index is 1380. The van der Waals surface area contributed by atoms with Crippen LogP contribution in [-0.2, 0) is 28.6 Å². The van der Waals surface area contributed by atoms with Crippen LogP contribution in [0.25, 0.3) is 0 Å². The van der Waals surface area contributed by atoms with Crippen molar-refractivity contribution in [3.8, 4) is 0 Å². The van der Waals surface area contributed by atoms with E-state index in [2.05, 4.69) is 118 Å². The summed E-state index contributed by atoms with van der Waals surface area (Å²) in [6.45, 7) is 6.46. The molecule has 0 unspecified atom stereocenters. The van der Waals surface area contributed by atoms with Crippen molar-refractivity contribution in [2.75, 3.05) is 13.2 Å². The van der Waals surface area contributed by atoms with Crippen molar-refractivity contribution in [1.82, 2.24) is 0 Å². The number of hydrogen-bond acceptors (Lipinski definition) is 6. The second kappa shape index (κ2) is 56.9. The lowest BCUT2D eigenvalue weighted by atomic mass is 10.0. The third-order valence-electron chi connectivity index (χ3n) is 12.1. The van der Waals surface area contributed by atoms with Crippen LogP contribution in [0.5, 0.6) is 0 Å². The SMILES string of the molecule is CC/C=C\C/C=C\C/C=C\C/C=C\C/C=C\CCCCCC(=O)OC[C@H](COC(=O)CCCCCCCCCCCCCCCCC)OC(=O)CCC/C=C\C/C=C\C/C=C\CCCCCCCC. The van der Waals surface area contributed by atoms with Gasteiger partial charge in [0, 0.05) is 19.3 Å². The molecule has 0 aliphatic heterocycles. The number of esters is 3. The molecule has 0 radical (unpaired) electrons. The Morgan fingerprint density at radius 3 is 0.942 bits per heavy atom. The van der Waals surface area contributed by atoms with Gasteiger partial charge in [-0.15, -0.1) is 0 Å². The van der Waals surface area contributed by atoms with Gasteiger partial charge in [-0.1, -0.05) is 246 Å². The minimum absolute atomic E-state index is 0.107. The molecule has 6 nitrogen and oxygen atoms in total. The van der Waals surface area contributed by atoms with Gasteiger partial charge in [-0.25, -0.2) is 0 Å². The van der Waals surface area contributed by atoms with Crippen LogP contribution in [0.4, 0.5) is 0 Å². The van der Waals surface area contributed by atoms with Gasteiger partial charge in [-0.2, -0.15) is 0 Å². The Labute approximate surface area is 426 Å². The van der Waals surface area contributed by atoms with Crippen molar-refractivity contribution >= 4 is 17.9 Å². The van der Waals surface area contributed by atoms with Crippen LogP contribution in [0.3, 0.4) is 0 Å². The number of hydrogen-bond donors (Lipinski definition) is 0. The molecule has 0 aromatic heterocycles. The first-order chi connectivity index (χ1) is 34.0. The molecule has 1 atom stereocenters. The first kappa shape index (κ1) is 65.3. The van der Waals surface area contributed by atoms with Gasteiger partial charge in [0.25, 0.3) is 0 Å². The Morgan fingerprint density at radius 1 is 0.304 bits per heavy atom. The highest BCUT2D eigenvalue weighted by molar-refractivity contribution is 5.71. The maximum Gasteiger partial charge on any atom is 0.306 e. The molecule has 0 aliphatic rings. The fourth-order valence-corrected chi connectivity index (χ4v) is 7.78. The van der Waals surface area contributed by atoms with Crippen molar-refractivity contribution in [2.45, 2.75) is 271 Å². The van der Waals surface area contributed by atoms with E-state index in [1.165, 1.54) is 122 Å². The summed E-state index contributed by atoms with van der Waals surface area (Å²) in [5.41, 5.74) is 0. The zero-order valence-corrected chi connectivity index (χ0v) is 45.0. The number of carbonyl (C=O) groups is 3. The summed E-state index contributed by atoms with van der Waals surface area (Å²) in [6.07, 6.45) is 75.4. The Kier molecular flexibility index (Phi) is 53.9. The Balaban J connectivity index is 4.52. The van der Waals surface area contributed by atoms with Gasteiger partial charge in [0.15, 0.2) is 6.10 Å². The monoisotopic (exact) mass is 959 g/mol. The van der Waals surface area contributed by atoms with Crippen molar-refractivity contribution < 1.29 is 28.6 Å². The quantitative estimate of drug-likeness (QED) is 0.0262. The molecule has 0 aliphatic carbocycles. The molecule has 6 heteroatoms. The highest BCUT2D eigenvalue weighted by Gasteiger charge is 2.19. The summed E-state index contributed by atoms with van der Waals surface area (Å²) in [6, 6.07) is 0. The average molecular weight is 960 g/mol. The molecule has 0 heterocycles. The first-order valence-electron chi connectivity index (χ1n) is 28.7. The van der Waals surface area contributed by atoms with Crippen LogP contribution >= 0.6 is 0 Å². The highest BCUT2D eigenvalue weighted by Crippen LogP contribution is 2.15. The second-order valence-corrected chi connectivity index (χ2v) is 18.8. The van der Waals surface area contributed by atoms with E-state index in [9.17, 15) is 14.4 Å². The largest absolute Gasteiger partial charge is 0.462 e. The highest BCUT2D eigenvalue weighted by atomic mass is 16.6. The maximum atomic E-state index is 12.8. The summed E-state index contributed by atoms with van der Waals surface area (Å²) in [5, 5.41) is 0. The molecule has 394 valence electrons. The molecule has 0 amide bonds. The van der Waals surface area contributed by atoms with Crippen LogP contribution in [0.1, 0.15) is 265 Å². The molecule has 0 N–H and O–H groups in total. The molecule has 0 saturated heterocycles. The van der Waals surface area contributed by atoms with Crippen molar-refractivity contribution in [3.63, 3.8) is 0 Å². The predicted octanol–water partition coefficient (Wildman–Crippen LogP) is 19.3. The molecule has 0 rings (SSSR count). The molecule has 69 heavy (non-hydrogen) atoms. The normalized spacial score (nSPS) is 12.8. The summed E-state index contributed by atoms with van der Waals surface area (Å²) in [4.78, 5) is 38.1. The molecule has 0 aromatic carbocycles. The number of unbranched alkanes of at least 4 members (excludes halogenated alkanes) is 24. The Hall–Kier alpha value is -3.67. The lowest BCUT2D eigenvalue weighted by molar-refractivity contribution is -0.167. The van der Waals surface area contributed by atoms with Crippen LogP contribution < -0.4 is 0 Å². The summed E-state index contributed by atoms with van der Waals surface area (Å²) < 4.78 is 16.8. The maximum absolute atomic E-state index is 12.8. The van der Waals surface area contributed by atoms with E-state index >= 15 is 0 Å². The number of carbonyl (C=O) groups excluding carboxylic acids is 3. The third kappa shape index (κ3) is 55.1. The summed E-state index contributed by atoms with van der Waals surface area (Å²) in [5.74, 6) is -0.989. The van der Waals surface area contributed by atoms with Gasteiger partial charge in [-0.3, -0.25) is 14.4 Å². The van der Waals surface area contributed by atoms with Crippen LogP contribution in [-0.4, -0.2) is 37.2 Å². The molecule has 0 bridgehead atoms. The van der Waals surface area contributed by atoms with Crippen molar-refractivity contribution in [2.24, 2.45) is 0 Å². The van der Waals surface area contributed by atoms with Gasteiger partial charge < -0.3 is 14.2 Å². The molecule has 0 spiro atoms. The van der Waals surface area contributed by atoms with E-state index in [1.54, 1.807) is 0 Å². The van der Waals surface area contributed by atoms with Crippen molar-refractivity contribution in [1.29, 1.82) is 0 Å². The molecular weight excluding hydrogens is 853 g/mol. The topological polar surface area (TPSA) is 78.9 Å². The standard InChI is InChI=1S/C63H106O6/c1-4-7-10-13-16-19-22-25-28-30-31-33-35-38-41-44-47-50-53-56-62(65)68-59-60(58-67-61(64)55-52-49-46-43-40-37-34-27-24-21-18-15-12-9-6-3)69-63(66)57-54-51-48-45-42-39-36-32-29-26-23-20-17-14-11-8-5-2/h7,10,16,19,25-26,28-29,31,33,36,38-39,41,45,48,60H,4-6,8-9,11-15,17-18,20-24,27,30,32,34-35,37,40,42-44,46-47,49-59H2,1-3H3/b10-7-,19-16-,28-25-,29-26-,33-31-,39-36-,41-38-,48-45-/t60-/m0/s1. The molecular formula is C63H106O6.